The smallest absolute Gasteiger partial charge is 0.262 e. The van der Waals surface area contributed by atoms with Gasteiger partial charge in [-0.3, -0.25) is 23.9 Å². The van der Waals surface area contributed by atoms with Gasteiger partial charge in [-0.25, -0.2) is 4.98 Å². The first kappa shape index (κ1) is 17.4. The highest BCUT2D eigenvalue weighted by Gasteiger charge is 2.41. The van der Waals surface area contributed by atoms with Crippen molar-refractivity contribution in [1.29, 1.82) is 5.26 Å². The summed E-state index contributed by atoms with van der Waals surface area (Å²) < 4.78 is 1.30. The average Bonchev–Trinajstić information content (AvgIpc) is 3.35. The Morgan fingerprint density at radius 2 is 1.79 bits per heavy atom. The predicted molar refractivity (Wildman–Crippen MR) is 98.3 cm³/mol. The second kappa shape index (κ2) is 6.93. The molecule has 1 aliphatic heterocycles. The molecule has 1 aliphatic rings. The molecular formula is C21H14N4O3. The van der Waals surface area contributed by atoms with Gasteiger partial charge in [0, 0.05) is 12.4 Å². The summed E-state index contributed by atoms with van der Waals surface area (Å²) in [5.74, 6) is -1.22. The Morgan fingerprint density at radius 1 is 1.07 bits per heavy atom. The predicted octanol–water partition coefficient (Wildman–Crippen LogP) is 2.82. The summed E-state index contributed by atoms with van der Waals surface area (Å²) in [4.78, 5) is 43.6. The number of amides is 2. The lowest BCUT2D eigenvalue weighted by Gasteiger charge is -2.26. The van der Waals surface area contributed by atoms with Crippen LogP contribution in [0.1, 0.15) is 49.1 Å². The number of imide groups is 1. The van der Waals surface area contributed by atoms with Crippen LogP contribution in [0, 0.1) is 11.3 Å². The molecule has 2 heterocycles. The summed E-state index contributed by atoms with van der Waals surface area (Å²) in [6.07, 6.45) is 4.23. The number of hydrogen-bond donors (Lipinski definition) is 0. The number of carbonyl (C=O) groups is 3. The van der Waals surface area contributed by atoms with Gasteiger partial charge in [0.1, 0.15) is 6.33 Å². The van der Waals surface area contributed by atoms with E-state index in [9.17, 15) is 19.6 Å². The van der Waals surface area contributed by atoms with E-state index >= 15 is 0 Å². The Bertz CT molecular complexity index is 1090. The van der Waals surface area contributed by atoms with Gasteiger partial charge in [-0.05, 0) is 29.8 Å². The lowest BCUT2D eigenvalue weighted by atomic mass is 9.99. The first-order chi connectivity index (χ1) is 13.6. The molecule has 136 valence electrons. The van der Waals surface area contributed by atoms with Crippen LogP contribution in [0.3, 0.4) is 0 Å². The van der Waals surface area contributed by atoms with Crippen molar-refractivity contribution in [3.05, 3.63) is 89.5 Å². The minimum absolute atomic E-state index is 0.128. The zero-order valence-electron chi connectivity index (χ0n) is 14.6. The topological polar surface area (TPSA) is 96.1 Å². The van der Waals surface area contributed by atoms with Crippen molar-refractivity contribution in [1.82, 2.24) is 14.5 Å². The fourth-order valence-corrected chi connectivity index (χ4v) is 3.34. The van der Waals surface area contributed by atoms with Gasteiger partial charge < -0.3 is 0 Å². The third-order valence-corrected chi connectivity index (χ3v) is 4.70. The number of carbonyl (C=O) groups excluding carboxylic acids is 3. The van der Waals surface area contributed by atoms with E-state index in [0.29, 0.717) is 22.3 Å². The Morgan fingerprint density at radius 3 is 2.39 bits per heavy atom. The van der Waals surface area contributed by atoms with E-state index in [4.69, 9.17) is 0 Å². The zero-order valence-corrected chi connectivity index (χ0v) is 14.6. The van der Waals surface area contributed by atoms with Gasteiger partial charge in [0.25, 0.3) is 11.8 Å². The Labute approximate surface area is 160 Å². The molecule has 0 fully saturated rings. The highest BCUT2D eigenvalue weighted by atomic mass is 16.2. The average molecular weight is 370 g/mol. The van der Waals surface area contributed by atoms with Crippen molar-refractivity contribution in [2.75, 3.05) is 0 Å². The highest BCUT2D eigenvalue weighted by molar-refractivity contribution is 6.21. The van der Waals surface area contributed by atoms with Crippen LogP contribution in [0.2, 0.25) is 0 Å². The number of hydrogen-bond acceptors (Lipinski definition) is 5. The number of imidazole rings is 1. The molecule has 3 aromatic rings. The quantitative estimate of drug-likeness (QED) is 0.658. The number of aromatic nitrogens is 2. The Balaban J connectivity index is 1.77. The second-order valence-corrected chi connectivity index (χ2v) is 6.35. The van der Waals surface area contributed by atoms with Gasteiger partial charge in [0.05, 0.1) is 35.2 Å². The molecule has 1 atom stereocenters. The molecule has 0 aliphatic carbocycles. The first-order valence-electron chi connectivity index (χ1n) is 8.58. The molecule has 0 saturated carbocycles. The zero-order chi connectivity index (χ0) is 19.7. The summed E-state index contributed by atoms with van der Waals surface area (Å²) in [5.41, 5.74) is 1.55. The molecular weight excluding hydrogens is 356 g/mol. The van der Waals surface area contributed by atoms with Gasteiger partial charge >= 0.3 is 0 Å². The molecule has 7 heteroatoms. The maximum atomic E-state index is 13.0. The fourth-order valence-electron chi connectivity index (χ4n) is 3.34. The van der Waals surface area contributed by atoms with E-state index in [-0.39, 0.29) is 12.3 Å². The third kappa shape index (κ3) is 2.87. The van der Waals surface area contributed by atoms with Crippen molar-refractivity contribution >= 4 is 17.7 Å². The summed E-state index contributed by atoms with van der Waals surface area (Å²) in [5, 5.41) is 9.21. The fraction of sp³-hybridized carbons (Fsp3) is 0.0952. The lowest BCUT2D eigenvalue weighted by Crippen LogP contribution is -2.36. The second-order valence-electron chi connectivity index (χ2n) is 6.35. The summed E-state index contributed by atoms with van der Waals surface area (Å²) in [6, 6.07) is 14.4. The molecule has 2 aromatic carbocycles. The Hall–Kier alpha value is -4.05. The van der Waals surface area contributed by atoms with Gasteiger partial charge in [0.2, 0.25) is 5.91 Å². The molecule has 2 amide bonds. The summed E-state index contributed by atoms with van der Waals surface area (Å²) >= 11 is 0. The van der Waals surface area contributed by atoms with Gasteiger partial charge in [0.15, 0.2) is 0 Å². The molecule has 0 radical (unpaired) electrons. The number of rotatable bonds is 4. The van der Waals surface area contributed by atoms with Crippen LogP contribution in [0.15, 0.2) is 67.3 Å². The van der Waals surface area contributed by atoms with Crippen LogP contribution >= 0.6 is 0 Å². The molecule has 0 spiro atoms. The minimum Gasteiger partial charge on any atom is -0.276 e. The van der Waals surface area contributed by atoms with Crippen LogP contribution in [-0.2, 0) is 0 Å². The molecule has 28 heavy (non-hydrogen) atoms. The van der Waals surface area contributed by atoms with E-state index in [1.54, 1.807) is 48.5 Å². The SMILES string of the molecule is N#Cc1cccc(C(CC(=O)n2ccnc2)N2C(=O)c3ccccc3C2=O)c1. The van der Waals surface area contributed by atoms with Crippen molar-refractivity contribution in [2.45, 2.75) is 12.5 Å². The summed E-state index contributed by atoms with van der Waals surface area (Å²) in [6.45, 7) is 0. The van der Waals surface area contributed by atoms with Gasteiger partial charge in [-0.1, -0.05) is 24.3 Å². The lowest BCUT2D eigenvalue weighted by molar-refractivity contribution is 0.0561. The van der Waals surface area contributed by atoms with E-state index in [0.717, 1.165) is 4.90 Å². The molecule has 0 bridgehead atoms. The largest absolute Gasteiger partial charge is 0.276 e. The van der Waals surface area contributed by atoms with Crippen LogP contribution in [0.4, 0.5) is 0 Å². The van der Waals surface area contributed by atoms with Crippen molar-refractivity contribution in [3.8, 4) is 6.07 Å². The van der Waals surface area contributed by atoms with Crippen LogP contribution in [-0.4, -0.2) is 32.2 Å². The first-order valence-corrected chi connectivity index (χ1v) is 8.58. The van der Waals surface area contributed by atoms with Crippen molar-refractivity contribution < 1.29 is 14.4 Å². The van der Waals surface area contributed by atoms with Crippen LogP contribution in [0.5, 0.6) is 0 Å². The van der Waals surface area contributed by atoms with E-state index < -0.39 is 17.9 Å². The third-order valence-electron chi connectivity index (χ3n) is 4.70. The van der Waals surface area contributed by atoms with Crippen molar-refractivity contribution in [3.63, 3.8) is 0 Å². The van der Waals surface area contributed by atoms with E-state index in [1.165, 1.54) is 23.3 Å². The van der Waals surface area contributed by atoms with Crippen molar-refractivity contribution in [2.24, 2.45) is 0 Å². The van der Waals surface area contributed by atoms with Gasteiger partial charge in [-0.2, -0.15) is 5.26 Å². The molecule has 0 N–H and O–H groups in total. The standard InChI is InChI=1S/C21H14N4O3/c22-12-14-4-3-5-15(10-14)18(11-19(26)24-9-8-23-13-24)25-20(27)16-6-1-2-7-17(16)21(25)28/h1-10,13,18H,11H2. The molecule has 0 saturated heterocycles. The Kier molecular flexibility index (Phi) is 4.30. The maximum absolute atomic E-state index is 13.0. The molecule has 4 rings (SSSR count). The number of nitrogens with zero attached hydrogens (tertiary/aromatic N) is 4. The molecule has 1 aromatic heterocycles. The normalized spacial score (nSPS) is 13.9. The number of benzene rings is 2. The van der Waals surface area contributed by atoms with E-state index in [2.05, 4.69) is 4.98 Å². The molecule has 7 nitrogen and oxygen atoms in total. The monoisotopic (exact) mass is 370 g/mol. The molecule has 1 unspecified atom stereocenters. The van der Waals surface area contributed by atoms with Crippen LogP contribution in [0.25, 0.3) is 0 Å². The maximum Gasteiger partial charge on any atom is 0.262 e. The van der Waals surface area contributed by atoms with Gasteiger partial charge in [-0.15, -0.1) is 0 Å². The minimum atomic E-state index is -0.837. The van der Waals surface area contributed by atoms with E-state index in [1.807, 2.05) is 6.07 Å². The summed E-state index contributed by atoms with van der Waals surface area (Å²) in [7, 11) is 0. The van der Waals surface area contributed by atoms with Crippen LogP contribution < -0.4 is 0 Å². The number of nitriles is 1. The number of fused-ring (bicyclic) bond motifs is 1. The highest BCUT2D eigenvalue weighted by Crippen LogP contribution is 2.34.